The van der Waals surface area contributed by atoms with Gasteiger partial charge in [-0.25, -0.2) is 4.98 Å². The van der Waals surface area contributed by atoms with Crippen LogP contribution < -0.4 is 0 Å². The number of rotatable bonds is 1. The number of benzene rings is 2. The lowest BCUT2D eigenvalue weighted by Gasteiger charge is -2.31. The highest BCUT2D eigenvalue weighted by Gasteiger charge is 2.35. The third kappa shape index (κ3) is 2.50. The van der Waals surface area contributed by atoms with Gasteiger partial charge in [0.15, 0.2) is 5.78 Å². The van der Waals surface area contributed by atoms with Crippen LogP contribution in [0.3, 0.4) is 0 Å². The average molecular weight is 391 g/mol. The van der Waals surface area contributed by atoms with Gasteiger partial charge in [0.2, 0.25) is 5.91 Å². The number of nitrogens with zero attached hydrogens (tertiary/aromatic N) is 2. The number of H-pyrrole nitrogens is 1. The number of nitrogens with one attached hydrogen (secondary N) is 1. The van der Waals surface area contributed by atoms with E-state index in [1.165, 1.54) is 0 Å². The second kappa shape index (κ2) is 6.31. The van der Waals surface area contributed by atoms with Gasteiger partial charge >= 0.3 is 0 Å². The number of imide groups is 1. The molecule has 5 rings (SSSR count). The minimum Gasteiger partial charge on any atom is -0.340 e. The smallest absolute Gasteiger partial charge is 0.285 e. The minimum atomic E-state index is -0.581. The summed E-state index contributed by atoms with van der Waals surface area (Å²) < 4.78 is 0. The summed E-state index contributed by atoms with van der Waals surface area (Å²) in [7, 11) is 0. The maximum absolute atomic E-state index is 13.1. The van der Waals surface area contributed by atoms with Crippen LogP contribution in [0.2, 0.25) is 0 Å². The van der Waals surface area contributed by atoms with Crippen LogP contribution in [0.25, 0.3) is 11.0 Å². The summed E-state index contributed by atoms with van der Waals surface area (Å²) in [6, 6.07) is 11.0. The summed E-state index contributed by atoms with van der Waals surface area (Å²) in [5.41, 5.74) is 4.58. The van der Waals surface area contributed by atoms with Crippen molar-refractivity contribution in [3.63, 3.8) is 0 Å². The van der Waals surface area contributed by atoms with Crippen LogP contribution in [-0.4, -0.2) is 31.8 Å². The Morgan fingerprint density at radius 2 is 1.96 bits per heavy atom. The number of ketones is 1. The van der Waals surface area contributed by atoms with E-state index >= 15 is 0 Å². The van der Waals surface area contributed by atoms with E-state index in [0.717, 1.165) is 21.5 Å². The highest BCUT2D eigenvalue weighted by atomic mass is 32.1. The fraction of sp³-hybridized carbons (Fsp3) is 0.238. The van der Waals surface area contributed by atoms with Gasteiger partial charge in [0.25, 0.3) is 5.24 Å². The van der Waals surface area contributed by atoms with Crippen molar-refractivity contribution in [2.45, 2.75) is 31.7 Å². The number of thiol groups is 1. The zero-order valence-corrected chi connectivity index (χ0v) is 15.8. The van der Waals surface area contributed by atoms with Crippen LogP contribution in [0.15, 0.2) is 36.4 Å². The molecule has 28 heavy (non-hydrogen) atoms. The van der Waals surface area contributed by atoms with E-state index in [-0.39, 0.29) is 11.7 Å². The Hall–Kier alpha value is -2.93. The van der Waals surface area contributed by atoms with Gasteiger partial charge in [0, 0.05) is 12.0 Å². The standard InChI is InChI=1S/C21H17N3O3S/c25-16-7-3-6-15(24(16)21(27)28)20-22-14-9-8-12-10-11-4-1-2-5-13(11)19(26)17(12)18(14)23-20/h1-2,4-5,8-9,15H,3,6-7,10H2,(H,22,23)(H,27,28)/t15-/m0/s1. The van der Waals surface area contributed by atoms with Gasteiger partial charge in [-0.1, -0.05) is 43.0 Å². The first kappa shape index (κ1) is 17.2. The van der Waals surface area contributed by atoms with Crippen molar-refractivity contribution in [2.75, 3.05) is 0 Å². The second-order valence-corrected chi connectivity index (χ2v) is 7.62. The molecular formula is C21H17N3O3S. The molecule has 140 valence electrons. The fourth-order valence-electron chi connectivity index (χ4n) is 4.30. The van der Waals surface area contributed by atoms with E-state index in [2.05, 4.69) is 22.6 Å². The number of aromatic nitrogens is 2. The molecule has 6 nitrogen and oxygen atoms in total. The third-order valence-electron chi connectivity index (χ3n) is 5.60. The highest BCUT2D eigenvalue weighted by molar-refractivity contribution is 7.96. The van der Waals surface area contributed by atoms with Crippen molar-refractivity contribution < 1.29 is 14.4 Å². The number of hydrogen-bond acceptors (Lipinski definition) is 4. The summed E-state index contributed by atoms with van der Waals surface area (Å²) >= 11 is 3.87. The molecule has 2 aromatic carbocycles. The number of hydrogen-bond donors (Lipinski definition) is 2. The van der Waals surface area contributed by atoms with Crippen molar-refractivity contribution in [3.8, 4) is 0 Å². The molecule has 7 heteroatoms. The summed E-state index contributed by atoms with van der Waals surface area (Å²) in [5, 5.41) is -0.581. The Bertz CT molecular complexity index is 1170. The molecule has 1 aromatic heterocycles. The lowest BCUT2D eigenvalue weighted by Crippen LogP contribution is -2.40. The maximum Gasteiger partial charge on any atom is 0.285 e. The van der Waals surface area contributed by atoms with Crippen LogP contribution in [0.4, 0.5) is 4.79 Å². The van der Waals surface area contributed by atoms with Crippen molar-refractivity contribution in [2.24, 2.45) is 0 Å². The molecule has 0 unspecified atom stereocenters. The van der Waals surface area contributed by atoms with E-state index < -0.39 is 11.3 Å². The molecular weight excluding hydrogens is 374 g/mol. The molecule has 2 amide bonds. The third-order valence-corrected chi connectivity index (χ3v) is 5.81. The molecule has 1 atom stereocenters. The first-order chi connectivity index (χ1) is 13.5. The molecule has 0 radical (unpaired) electrons. The fourth-order valence-corrected chi connectivity index (χ4v) is 4.55. The van der Waals surface area contributed by atoms with Crippen LogP contribution in [0, 0.1) is 0 Å². The number of fused-ring (bicyclic) bond motifs is 4. The monoisotopic (exact) mass is 391 g/mol. The zero-order valence-electron chi connectivity index (χ0n) is 14.9. The lowest BCUT2D eigenvalue weighted by molar-refractivity contribution is -0.132. The molecule has 2 heterocycles. The number of piperidine rings is 1. The number of likely N-dealkylation sites (tertiary alicyclic amines) is 1. The quantitative estimate of drug-likeness (QED) is 0.484. The Balaban J connectivity index is 1.64. The van der Waals surface area contributed by atoms with E-state index in [4.69, 9.17) is 0 Å². The van der Waals surface area contributed by atoms with Gasteiger partial charge < -0.3 is 4.98 Å². The van der Waals surface area contributed by atoms with Gasteiger partial charge in [-0.15, -0.1) is 0 Å². The van der Waals surface area contributed by atoms with Gasteiger partial charge in [0.1, 0.15) is 11.3 Å². The topological polar surface area (TPSA) is 83.1 Å². The molecule has 1 saturated heterocycles. The number of imidazole rings is 1. The Morgan fingerprint density at radius 1 is 1.14 bits per heavy atom. The van der Waals surface area contributed by atoms with Crippen molar-refractivity contribution in [3.05, 3.63) is 64.5 Å². The Labute approximate surface area is 166 Å². The van der Waals surface area contributed by atoms with Gasteiger partial charge in [-0.05, 0) is 36.5 Å². The van der Waals surface area contributed by atoms with E-state index in [9.17, 15) is 14.4 Å². The molecule has 0 saturated carbocycles. The van der Waals surface area contributed by atoms with Crippen molar-refractivity contribution in [1.29, 1.82) is 0 Å². The Morgan fingerprint density at radius 3 is 2.79 bits per heavy atom. The first-order valence-corrected chi connectivity index (χ1v) is 9.68. The normalized spacial score (nSPS) is 18.9. The molecule has 3 aromatic rings. The van der Waals surface area contributed by atoms with Crippen molar-refractivity contribution in [1.82, 2.24) is 14.9 Å². The summed E-state index contributed by atoms with van der Waals surface area (Å²) in [6.07, 6.45) is 2.31. The molecule has 0 spiro atoms. The predicted molar refractivity (Wildman–Crippen MR) is 107 cm³/mol. The number of carbonyl (C=O) groups is 3. The van der Waals surface area contributed by atoms with E-state index in [0.29, 0.717) is 48.2 Å². The molecule has 1 fully saturated rings. The van der Waals surface area contributed by atoms with E-state index in [1.54, 1.807) is 0 Å². The summed E-state index contributed by atoms with van der Waals surface area (Å²) in [5.74, 6) is 0.233. The molecule has 2 aliphatic rings. The minimum absolute atomic E-state index is 0.0395. The SMILES string of the molecule is O=C1c2ccccc2Cc2ccc3[nH]c([C@@H]4CCCC(=O)N4C(=O)S)nc3c21. The van der Waals surface area contributed by atoms with Crippen LogP contribution in [0.5, 0.6) is 0 Å². The van der Waals surface area contributed by atoms with Crippen LogP contribution in [-0.2, 0) is 11.2 Å². The molecule has 0 bridgehead atoms. The lowest BCUT2D eigenvalue weighted by atomic mass is 9.84. The van der Waals surface area contributed by atoms with Gasteiger partial charge in [0.05, 0.1) is 17.1 Å². The first-order valence-electron chi connectivity index (χ1n) is 9.23. The van der Waals surface area contributed by atoms with Gasteiger partial charge in [-0.2, -0.15) is 0 Å². The largest absolute Gasteiger partial charge is 0.340 e. The molecule has 1 N–H and O–H groups in total. The molecule has 1 aliphatic heterocycles. The maximum atomic E-state index is 13.1. The highest BCUT2D eigenvalue weighted by Crippen LogP contribution is 2.35. The zero-order chi connectivity index (χ0) is 19.4. The summed E-state index contributed by atoms with van der Waals surface area (Å²) in [6.45, 7) is 0. The van der Waals surface area contributed by atoms with Crippen LogP contribution >= 0.6 is 12.6 Å². The average Bonchev–Trinajstić information content (AvgIpc) is 3.11. The van der Waals surface area contributed by atoms with Crippen LogP contribution in [0.1, 0.15) is 58.2 Å². The van der Waals surface area contributed by atoms with Crippen molar-refractivity contribution >= 4 is 40.6 Å². The second-order valence-electron chi connectivity index (χ2n) is 7.24. The Kier molecular flexibility index (Phi) is 3.87. The number of carbonyl (C=O) groups excluding carboxylic acids is 3. The predicted octanol–water partition coefficient (Wildman–Crippen LogP) is 3.80. The summed E-state index contributed by atoms with van der Waals surface area (Å²) in [4.78, 5) is 46.3. The molecule has 1 aliphatic carbocycles. The number of aromatic amines is 1. The van der Waals surface area contributed by atoms with Gasteiger partial charge in [-0.3, -0.25) is 19.3 Å². The van der Waals surface area contributed by atoms with E-state index in [1.807, 2.05) is 36.4 Å². The number of amides is 2.